The first-order chi connectivity index (χ1) is 10.1. The Morgan fingerprint density at radius 1 is 1.14 bits per heavy atom. The van der Waals surface area contributed by atoms with Crippen molar-refractivity contribution in [2.24, 2.45) is 0 Å². The number of carbonyl (C=O) groups is 2. The molecule has 1 spiro atoms. The first kappa shape index (κ1) is 16.1. The molecular weight excluding hydrogens is 264 g/mol. The summed E-state index contributed by atoms with van der Waals surface area (Å²) in [6, 6.07) is 0. The monoisotopic (exact) mass is 292 g/mol. The van der Waals surface area contributed by atoms with Crippen LogP contribution < -0.4 is 5.32 Å². The number of piperazine rings is 1. The molecule has 2 rings (SSSR count). The quantitative estimate of drug-likeness (QED) is 0.810. The van der Waals surface area contributed by atoms with Crippen molar-refractivity contribution in [1.82, 2.24) is 10.2 Å². The van der Waals surface area contributed by atoms with Crippen molar-refractivity contribution in [2.45, 2.75) is 76.8 Å². The van der Waals surface area contributed by atoms with E-state index in [1.54, 1.807) is 0 Å². The van der Waals surface area contributed by atoms with Crippen molar-refractivity contribution in [3.8, 4) is 0 Å². The second-order valence-electron chi connectivity index (χ2n) is 6.32. The van der Waals surface area contributed by atoms with Crippen molar-refractivity contribution >= 4 is 11.8 Å². The third-order valence-corrected chi connectivity index (χ3v) is 5.36. The molecule has 4 nitrogen and oxygen atoms in total. The predicted molar refractivity (Wildman–Crippen MR) is 83.8 cm³/mol. The van der Waals surface area contributed by atoms with Crippen molar-refractivity contribution < 1.29 is 9.59 Å². The lowest BCUT2D eigenvalue weighted by molar-refractivity contribution is -0.165. The number of allylic oxidation sites excluding steroid dienone is 1. The van der Waals surface area contributed by atoms with Gasteiger partial charge in [-0.15, -0.1) is 0 Å². The van der Waals surface area contributed by atoms with Crippen LogP contribution >= 0.6 is 0 Å². The Bertz CT molecular complexity index is 432. The van der Waals surface area contributed by atoms with Gasteiger partial charge in [-0.05, 0) is 32.6 Å². The zero-order valence-electron chi connectivity index (χ0n) is 13.6. The van der Waals surface area contributed by atoms with Gasteiger partial charge in [-0.3, -0.25) is 9.59 Å². The summed E-state index contributed by atoms with van der Waals surface area (Å²) in [5.41, 5.74) is -1.32. The number of nitrogens with zero attached hydrogens (tertiary/aromatic N) is 1. The largest absolute Gasteiger partial charge is 0.340 e. The SMILES string of the molecule is C/C=C/CN1C(=O)C(CC)(CC)NC(=O)C12CCCCC2. The second kappa shape index (κ2) is 6.20. The number of hydrogen-bond acceptors (Lipinski definition) is 2. The molecule has 1 saturated carbocycles. The van der Waals surface area contributed by atoms with Gasteiger partial charge >= 0.3 is 0 Å². The summed E-state index contributed by atoms with van der Waals surface area (Å²) in [7, 11) is 0. The van der Waals surface area contributed by atoms with E-state index in [-0.39, 0.29) is 11.8 Å². The molecule has 1 aliphatic carbocycles. The van der Waals surface area contributed by atoms with E-state index in [1.807, 2.05) is 37.8 Å². The maximum absolute atomic E-state index is 13.1. The molecule has 0 aromatic rings. The van der Waals surface area contributed by atoms with Gasteiger partial charge in [0.15, 0.2) is 0 Å². The van der Waals surface area contributed by atoms with Gasteiger partial charge in [-0.2, -0.15) is 0 Å². The highest BCUT2D eigenvalue weighted by Gasteiger charge is 2.56. The smallest absolute Gasteiger partial charge is 0.249 e. The highest BCUT2D eigenvalue weighted by atomic mass is 16.2. The summed E-state index contributed by atoms with van der Waals surface area (Å²) in [5.74, 6) is 0.169. The van der Waals surface area contributed by atoms with Gasteiger partial charge in [-0.1, -0.05) is 45.3 Å². The third kappa shape index (κ3) is 2.49. The summed E-state index contributed by atoms with van der Waals surface area (Å²) in [6.07, 6.45) is 10.0. The average Bonchev–Trinajstić information content (AvgIpc) is 2.52. The Morgan fingerprint density at radius 2 is 1.76 bits per heavy atom. The van der Waals surface area contributed by atoms with Crippen molar-refractivity contribution in [2.75, 3.05) is 6.54 Å². The molecular formula is C17H28N2O2. The Hall–Kier alpha value is -1.32. The first-order valence-corrected chi connectivity index (χ1v) is 8.32. The molecule has 1 aliphatic heterocycles. The third-order valence-electron chi connectivity index (χ3n) is 5.36. The van der Waals surface area contributed by atoms with E-state index in [9.17, 15) is 9.59 Å². The highest BCUT2D eigenvalue weighted by molar-refractivity contribution is 6.02. The standard InChI is InChI=1S/C17H28N2O2/c1-4-7-13-19-15(21)16(5-2,6-3)18-14(20)17(19)11-9-8-10-12-17/h4,7H,5-6,8-13H2,1-3H3,(H,18,20)/b7-4+. The van der Waals surface area contributed by atoms with Crippen LogP contribution in [0.5, 0.6) is 0 Å². The number of amides is 2. The summed E-state index contributed by atoms with van der Waals surface area (Å²) in [5, 5.41) is 3.09. The molecule has 0 aromatic carbocycles. The zero-order valence-corrected chi connectivity index (χ0v) is 13.6. The van der Waals surface area contributed by atoms with Gasteiger partial charge in [0, 0.05) is 6.54 Å². The summed E-state index contributed by atoms with van der Waals surface area (Å²) in [6.45, 7) is 6.46. The van der Waals surface area contributed by atoms with E-state index < -0.39 is 11.1 Å². The van der Waals surface area contributed by atoms with E-state index in [0.29, 0.717) is 19.4 Å². The topological polar surface area (TPSA) is 49.4 Å². The summed E-state index contributed by atoms with van der Waals surface area (Å²) >= 11 is 0. The van der Waals surface area contributed by atoms with Crippen molar-refractivity contribution in [1.29, 1.82) is 0 Å². The van der Waals surface area contributed by atoms with E-state index in [1.165, 1.54) is 0 Å². The van der Waals surface area contributed by atoms with Crippen LogP contribution in [0.1, 0.15) is 65.7 Å². The minimum absolute atomic E-state index is 0.0648. The van der Waals surface area contributed by atoms with E-state index in [2.05, 4.69) is 5.32 Å². The Balaban J connectivity index is 2.41. The lowest BCUT2D eigenvalue weighted by Crippen LogP contribution is -2.75. The van der Waals surface area contributed by atoms with Gasteiger partial charge in [0.25, 0.3) is 0 Å². The lowest BCUT2D eigenvalue weighted by atomic mass is 9.74. The number of rotatable bonds is 4. The Kier molecular flexibility index (Phi) is 4.74. The summed E-state index contributed by atoms with van der Waals surface area (Å²) < 4.78 is 0. The van der Waals surface area contributed by atoms with E-state index in [0.717, 1.165) is 32.1 Å². The van der Waals surface area contributed by atoms with E-state index in [4.69, 9.17) is 0 Å². The van der Waals surface area contributed by atoms with Crippen LogP contribution in [0.15, 0.2) is 12.2 Å². The minimum Gasteiger partial charge on any atom is -0.340 e. The van der Waals surface area contributed by atoms with Crippen LogP contribution in [0.2, 0.25) is 0 Å². The molecule has 2 fully saturated rings. The molecule has 0 radical (unpaired) electrons. The zero-order chi connectivity index (χ0) is 15.5. The molecule has 2 amide bonds. The average molecular weight is 292 g/mol. The molecule has 2 aliphatic rings. The van der Waals surface area contributed by atoms with Crippen LogP contribution in [-0.2, 0) is 9.59 Å². The highest BCUT2D eigenvalue weighted by Crippen LogP contribution is 2.40. The Labute approximate surface area is 128 Å². The van der Waals surface area contributed by atoms with E-state index >= 15 is 0 Å². The van der Waals surface area contributed by atoms with Gasteiger partial charge < -0.3 is 10.2 Å². The summed E-state index contributed by atoms with van der Waals surface area (Å²) in [4.78, 5) is 27.9. The molecule has 1 saturated heterocycles. The first-order valence-electron chi connectivity index (χ1n) is 8.32. The second-order valence-corrected chi connectivity index (χ2v) is 6.32. The molecule has 0 bridgehead atoms. The normalized spacial score (nSPS) is 24.6. The number of nitrogens with one attached hydrogen (secondary N) is 1. The Morgan fingerprint density at radius 3 is 2.29 bits per heavy atom. The maximum Gasteiger partial charge on any atom is 0.249 e. The molecule has 4 heteroatoms. The minimum atomic E-state index is -0.707. The van der Waals surface area contributed by atoms with Crippen LogP contribution in [-0.4, -0.2) is 34.3 Å². The molecule has 0 aromatic heterocycles. The molecule has 21 heavy (non-hydrogen) atoms. The molecule has 0 atom stereocenters. The number of carbonyl (C=O) groups excluding carboxylic acids is 2. The fourth-order valence-corrected chi connectivity index (χ4v) is 3.79. The molecule has 1 N–H and O–H groups in total. The molecule has 0 unspecified atom stereocenters. The van der Waals surface area contributed by atoms with Gasteiger partial charge in [0.05, 0.1) is 0 Å². The van der Waals surface area contributed by atoms with Crippen molar-refractivity contribution in [3.05, 3.63) is 12.2 Å². The van der Waals surface area contributed by atoms with Crippen LogP contribution in [0.25, 0.3) is 0 Å². The number of hydrogen-bond donors (Lipinski definition) is 1. The molecule has 118 valence electrons. The van der Waals surface area contributed by atoms with Gasteiger partial charge in [-0.25, -0.2) is 0 Å². The predicted octanol–water partition coefficient (Wildman–Crippen LogP) is 2.78. The molecule has 1 heterocycles. The fourth-order valence-electron chi connectivity index (χ4n) is 3.79. The fraction of sp³-hybridized carbons (Fsp3) is 0.765. The van der Waals surface area contributed by atoms with Crippen LogP contribution in [0, 0.1) is 0 Å². The van der Waals surface area contributed by atoms with Gasteiger partial charge in [0.1, 0.15) is 11.1 Å². The van der Waals surface area contributed by atoms with Gasteiger partial charge in [0.2, 0.25) is 11.8 Å². The lowest BCUT2D eigenvalue weighted by Gasteiger charge is -2.53. The maximum atomic E-state index is 13.1. The van der Waals surface area contributed by atoms with Crippen molar-refractivity contribution in [3.63, 3.8) is 0 Å². The van der Waals surface area contributed by atoms with Crippen LogP contribution in [0.3, 0.4) is 0 Å². The van der Waals surface area contributed by atoms with Crippen LogP contribution in [0.4, 0.5) is 0 Å².